The summed E-state index contributed by atoms with van der Waals surface area (Å²) in [5, 5.41) is 12.5. The largest absolute Gasteiger partial charge is 0.478 e. The average molecular weight is 229 g/mol. The molecule has 0 aromatic heterocycles. The van der Waals surface area contributed by atoms with E-state index < -0.39 is 5.97 Å². The lowest BCUT2D eigenvalue weighted by Gasteiger charge is -2.22. The van der Waals surface area contributed by atoms with Crippen molar-refractivity contribution in [2.45, 2.75) is 18.9 Å². The van der Waals surface area contributed by atoms with E-state index in [2.05, 4.69) is 17.5 Å². The SMILES string of the molecule is O=C(O)c1ccccc1NC1CC2C=CC1C2. The lowest BCUT2D eigenvalue weighted by Crippen LogP contribution is -2.25. The van der Waals surface area contributed by atoms with Crippen molar-refractivity contribution in [1.82, 2.24) is 0 Å². The van der Waals surface area contributed by atoms with Gasteiger partial charge >= 0.3 is 5.97 Å². The summed E-state index contributed by atoms with van der Waals surface area (Å²) in [5.41, 5.74) is 1.10. The summed E-state index contributed by atoms with van der Waals surface area (Å²) < 4.78 is 0. The summed E-state index contributed by atoms with van der Waals surface area (Å²) in [6, 6.07) is 7.52. The fourth-order valence-corrected chi connectivity index (χ4v) is 2.94. The number of hydrogen-bond acceptors (Lipinski definition) is 2. The molecule has 0 heterocycles. The molecule has 2 aliphatic rings. The predicted octanol–water partition coefficient (Wildman–Crippen LogP) is 2.76. The highest BCUT2D eigenvalue weighted by Gasteiger charge is 2.35. The summed E-state index contributed by atoms with van der Waals surface area (Å²) in [6.45, 7) is 0. The number of aromatic carboxylic acids is 1. The highest BCUT2D eigenvalue weighted by molar-refractivity contribution is 5.94. The molecule has 17 heavy (non-hydrogen) atoms. The van der Waals surface area contributed by atoms with Crippen molar-refractivity contribution in [3.63, 3.8) is 0 Å². The summed E-state index contributed by atoms with van der Waals surface area (Å²) >= 11 is 0. The van der Waals surface area contributed by atoms with Crippen molar-refractivity contribution < 1.29 is 9.90 Å². The van der Waals surface area contributed by atoms with Crippen molar-refractivity contribution in [2.75, 3.05) is 5.32 Å². The molecule has 2 bridgehead atoms. The Morgan fingerprint density at radius 1 is 1.24 bits per heavy atom. The van der Waals surface area contributed by atoms with Crippen LogP contribution < -0.4 is 5.32 Å². The maximum Gasteiger partial charge on any atom is 0.337 e. The maximum absolute atomic E-state index is 11.1. The summed E-state index contributed by atoms with van der Waals surface area (Å²) in [4.78, 5) is 11.1. The van der Waals surface area contributed by atoms with E-state index in [1.165, 1.54) is 6.42 Å². The Labute approximate surface area is 100 Å². The smallest absolute Gasteiger partial charge is 0.337 e. The van der Waals surface area contributed by atoms with Crippen molar-refractivity contribution >= 4 is 11.7 Å². The molecule has 0 aliphatic heterocycles. The number of nitrogens with one attached hydrogen (secondary N) is 1. The van der Waals surface area contributed by atoms with Crippen LogP contribution in [-0.4, -0.2) is 17.1 Å². The minimum absolute atomic E-state index is 0.360. The zero-order valence-electron chi connectivity index (χ0n) is 9.47. The Hall–Kier alpha value is -1.77. The zero-order valence-corrected chi connectivity index (χ0v) is 9.47. The number of rotatable bonds is 3. The van der Waals surface area contributed by atoms with E-state index in [1.54, 1.807) is 12.1 Å². The molecule has 2 aliphatic carbocycles. The monoisotopic (exact) mass is 229 g/mol. The fourth-order valence-electron chi connectivity index (χ4n) is 2.94. The van der Waals surface area contributed by atoms with Crippen LogP contribution >= 0.6 is 0 Å². The molecule has 3 unspecified atom stereocenters. The van der Waals surface area contributed by atoms with E-state index in [9.17, 15) is 4.79 Å². The Balaban J connectivity index is 1.81. The lowest BCUT2D eigenvalue weighted by atomic mass is 10.0. The molecular weight excluding hydrogens is 214 g/mol. The number of hydrogen-bond donors (Lipinski definition) is 2. The molecule has 3 heteroatoms. The number of fused-ring (bicyclic) bond motifs is 2. The van der Waals surface area contributed by atoms with Gasteiger partial charge in [-0.1, -0.05) is 24.3 Å². The van der Waals surface area contributed by atoms with E-state index >= 15 is 0 Å². The number of para-hydroxylation sites is 1. The Bertz CT molecular complexity index is 481. The van der Waals surface area contributed by atoms with Crippen LogP contribution in [0.4, 0.5) is 5.69 Å². The number of carboxylic acids is 1. The molecule has 88 valence electrons. The predicted molar refractivity (Wildman–Crippen MR) is 66.2 cm³/mol. The Morgan fingerprint density at radius 3 is 2.71 bits per heavy atom. The standard InChI is InChI=1S/C14H15NO2/c16-14(17)11-3-1-2-4-12(11)15-13-8-9-5-6-10(13)7-9/h1-6,9-10,13,15H,7-8H2,(H,16,17). The van der Waals surface area contributed by atoms with Gasteiger partial charge in [0.2, 0.25) is 0 Å². The van der Waals surface area contributed by atoms with E-state index in [0.29, 0.717) is 23.4 Å². The molecule has 0 spiro atoms. The molecule has 3 nitrogen and oxygen atoms in total. The Kier molecular flexibility index (Phi) is 2.39. The van der Waals surface area contributed by atoms with Crippen LogP contribution in [0.5, 0.6) is 0 Å². The maximum atomic E-state index is 11.1. The van der Waals surface area contributed by atoms with Crippen LogP contribution in [0.3, 0.4) is 0 Å². The van der Waals surface area contributed by atoms with Crippen molar-refractivity contribution in [3.8, 4) is 0 Å². The van der Waals surface area contributed by atoms with Gasteiger partial charge < -0.3 is 10.4 Å². The second kappa shape index (κ2) is 3.91. The topological polar surface area (TPSA) is 49.3 Å². The summed E-state index contributed by atoms with van der Waals surface area (Å²) in [6.07, 6.45) is 6.88. The third kappa shape index (κ3) is 1.82. The van der Waals surface area contributed by atoms with Crippen LogP contribution in [0.2, 0.25) is 0 Å². The highest BCUT2D eigenvalue weighted by Crippen LogP contribution is 2.40. The van der Waals surface area contributed by atoms with Crippen molar-refractivity contribution in [3.05, 3.63) is 42.0 Å². The van der Waals surface area contributed by atoms with Crippen LogP contribution in [-0.2, 0) is 0 Å². The molecule has 1 saturated carbocycles. The van der Waals surface area contributed by atoms with Gasteiger partial charge in [-0.15, -0.1) is 0 Å². The van der Waals surface area contributed by atoms with Gasteiger partial charge in [0.25, 0.3) is 0 Å². The zero-order chi connectivity index (χ0) is 11.8. The second-order valence-electron chi connectivity index (χ2n) is 4.88. The van der Waals surface area contributed by atoms with Gasteiger partial charge in [-0.2, -0.15) is 0 Å². The van der Waals surface area contributed by atoms with Crippen LogP contribution in [0.1, 0.15) is 23.2 Å². The van der Waals surface area contributed by atoms with E-state index in [-0.39, 0.29) is 0 Å². The molecule has 0 radical (unpaired) electrons. The molecule has 3 rings (SSSR count). The van der Waals surface area contributed by atoms with E-state index in [1.807, 2.05) is 12.1 Å². The molecule has 1 aromatic rings. The van der Waals surface area contributed by atoms with Gasteiger partial charge in [0.05, 0.1) is 5.56 Å². The number of anilines is 1. The number of benzene rings is 1. The molecular formula is C14H15NO2. The first kappa shape index (κ1) is 10.4. The molecule has 3 atom stereocenters. The van der Waals surface area contributed by atoms with Gasteiger partial charge in [-0.05, 0) is 36.8 Å². The summed E-state index contributed by atoms with van der Waals surface area (Å²) in [7, 11) is 0. The van der Waals surface area contributed by atoms with Crippen LogP contribution in [0.15, 0.2) is 36.4 Å². The van der Waals surface area contributed by atoms with E-state index in [0.717, 1.165) is 12.1 Å². The van der Waals surface area contributed by atoms with Crippen LogP contribution in [0.25, 0.3) is 0 Å². The second-order valence-corrected chi connectivity index (χ2v) is 4.88. The van der Waals surface area contributed by atoms with Gasteiger partial charge in [0.15, 0.2) is 0 Å². The summed E-state index contributed by atoms with van der Waals surface area (Å²) in [5.74, 6) is 0.392. The van der Waals surface area contributed by atoms with Gasteiger partial charge in [-0.3, -0.25) is 0 Å². The first-order chi connectivity index (χ1) is 8.24. The van der Waals surface area contributed by atoms with Gasteiger partial charge in [0, 0.05) is 11.7 Å². The van der Waals surface area contributed by atoms with Crippen molar-refractivity contribution in [2.24, 2.45) is 11.8 Å². The van der Waals surface area contributed by atoms with E-state index in [4.69, 9.17) is 5.11 Å². The van der Waals surface area contributed by atoms with Crippen molar-refractivity contribution in [1.29, 1.82) is 0 Å². The number of carboxylic acid groups (broad SMARTS) is 1. The number of allylic oxidation sites excluding steroid dienone is 1. The van der Waals surface area contributed by atoms with Gasteiger partial charge in [-0.25, -0.2) is 4.79 Å². The average Bonchev–Trinajstić information content (AvgIpc) is 2.91. The number of carbonyl (C=O) groups is 1. The highest BCUT2D eigenvalue weighted by atomic mass is 16.4. The lowest BCUT2D eigenvalue weighted by molar-refractivity contribution is 0.0698. The molecule has 1 fully saturated rings. The van der Waals surface area contributed by atoms with Crippen LogP contribution in [0, 0.1) is 11.8 Å². The third-order valence-corrected chi connectivity index (χ3v) is 3.78. The fraction of sp³-hybridized carbons (Fsp3) is 0.357. The first-order valence-corrected chi connectivity index (χ1v) is 6.01. The quantitative estimate of drug-likeness (QED) is 0.783. The first-order valence-electron chi connectivity index (χ1n) is 6.01. The minimum atomic E-state index is -0.869. The normalized spacial score (nSPS) is 29.5. The molecule has 1 aromatic carbocycles. The minimum Gasteiger partial charge on any atom is -0.478 e. The van der Waals surface area contributed by atoms with Gasteiger partial charge in [0.1, 0.15) is 0 Å². The molecule has 0 saturated heterocycles. The molecule has 0 amide bonds. The molecule has 2 N–H and O–H groups in total. The Morgan fingerprint density at radius 2 is 2.06 bits per heavy atom. The third-order valence-electron chi connectivity index (χ3n) is 3.78.